The van der Waals surface area contributed by atoms with Crippen molar-refractivity contribution in [3.05, 3.63) is 35.4 Å². The van der Waals surface area contributed by atoms with Gasteiger partial charge in [-0.2, -0.15) is 0 Å². The Kier molecular flexibility index (Phi) is 4.12. The van der Waals surface area contributed by atoms with Gasteiger partial charge in [0.15, 0.2) is 0 Å². The Morgan fingerprint density at radius 3 is 2.60 bits per heavy atom. The molecule has 1 amide bonds. The maximum atomic E-state index is 12.8. The number of hydrogen-bond acceptors (Lipinski definition) is 2. The molecule has 1 heterocycles. The molecule has 1 aliphatic heterocycles. The maximum absolute atomic E-state index is 12.8. The zero-order valence-corrected chi connectivity index (χ0v) is 12.1. The molecule has 0 saturated carbocycles. The first kappa shape index (κ1) is 14.6. The maximum Gasteiger partial charge on any atom is 0.329 e. The Morgan fingerprint density at radius 1 is 1.30 bits per heavy atom. The quantitative estimate of drug-likeness (QED) is 0.919. The summed E-state index contributed by atoms with van der Waals surface area (Å²) in [6.07, 6.45) is 2.50. The van der Waals surface area contributed by atoms with Gasteiger partial charge < -0.3 is 10.0 Å². The molecule has 4 heteroatoms. The SMILES string of the molecule is CCc1ccccc1C(=O)N1CCCC1(CC)C(=O)O. The van der Waals surface area contributed by atoms with Crippen molar-refractivity contribution in [1.82, 2.24) is 4.90 Å². The number of carbonyl (C=O) groups is 2. The number of hydrogen-bond donors (Lipinski definition) is 1. The molecule has 0 bridgehead atoms. The van der Waals surface area contributed by atoms with Crippen molar-refractivity contribution >= 4 is 11.9 Å². The van der Waals surface area contributed by atoms with E-state index in [9.17, 15) is 14.7 Å². The normalized spacial score (nSPS) is 22.0. The van der Waals surface area contributed by atoms with Crippen molar-refractivity contribution in [2.75, 3.05) is 6.54 Å². The van der Waals surface area contributed by atoms with E-state index in [1.165, 1.54) is 0 Å². The third kappa shape index (κ3) is 2.19. The van der Waals surface area contributed by atoms with Gasteiger partial charge in [0.25, 0.3) is 5.91 Å². The van der Waals surface area contributed by atoms with E-state index in [2.05, 4.69) is 0 Å². The highest BCUT2D eigenvalue weighted by Crippen LogP contribution is 2.34. The summed E-state index contributed by atoms with van der Waals surface area (Å²) in [7, 11) is 0. The fourth-order valence-electron chi connectivity index (χ4n) is 3.10. The average molecular weight is 275 g/mol. The summed E-state index contributed by atoms with van der Waals surface area (Å²) < 4.78 is 0. The molecule has 1 fully saturated rings. The number of rotatable bonds is 4. The molecule has 1 atom stereocenters. The van der Waals surface area contributed by atoms with Crippen LogP contribution in [0.2, 0.25) is 0 Å². The van der Waals surface area contributed by atoms with E-state index in [1.807, 2.05) is 32.0 Å². The number of benzene rings is 1. The summed E-state index contributed by atoms with van der Waals surface area (Å²) in [5.41, 5.74) is 0.577. The van der Waals surface area contributed by atoms with Gasteiger partial charge in [0.05, 0.1) is 0 Å². The van der Waals surface area contributed by atoms with E-state index in [0.717, 1.165) is 18.4 Å². The summed E-state index contributed by atoms with van der Waals surface area (Å²) in [5.74, 6) is -1.04. The van der Waals surface area contributed by atoms with Crippen molar-refractivity contribution in [3.8, 4) is 0 Å². The fraction of sp³-hybridized carbons (Fsp3) is 0.500. The van der Waals surface area contributed by atoms with Gasteiger partial charge in [-0.25, -0.2) is 4.79 Å². The van der Waals surface area contributed by atoms with Crippen molar-refractivity contribution in [1.29, 1.82) is 0 Å². The van der Waals surface area contributed by atoms with Gasteiger partial charge in [-0.3, -0.25) is 4.79 Å². The van der Waals surface area contributed by atoms with E-state index in [1.54, 1.807) is 11.0 Å². The second-order valence-electron chi connectivity index (χ2n) is 5.26. The zero-order chi connectivity index (χ0) is 14.8. The Labute approximate surface area is 119 Å². The second-order valence-corrected chi connectivity index (χ2v) is 5.26. The number of carboxylic acids is 1. The molecule has 20 heavy (non-hydrogen) atoms. The van der Waals surface area contributed by atoms with E-state index in [0.29, 0.717) is 24.9 Å². The molecular weight excluding hydrogens is 254 g/mol. The fourth-order valence-corrected chi connectivity index (χ4v) is 3.10. The number of likely N-dealkylation sites (tertiary alicyclic amines) is 1. The first-order chi connectivity index (χ1) is 9.56. The van der Waals surface area contributed by atoms with Gasteiger partial charge >= 0.3 is 5.97 Å². The van der Waals surface area contributed by atoms with Crippen molar-refractivity contribution in [2.45, 2.75) is 45.1 Å². The number of aryl methyl sites for hydroxylation is 1. The van der Waals surface area contributed by atoms with Crippen molar-refractivity contribution < 1.29 is 14.7 Å². The summed E-state index contributed by atoms with van der Waals surface area (Å²) >= 11 is 0. The molecule has 0 aliphatic carbocycles. The van der Waals surface area contributed by atoms with Crippen LogP contribution < -0.4 is 0 Å². The Bertz CT molecular complexity index is 526. The van der Waals surface area contributed by atoms with Gasteiger partial charge in [-0.15, -0.1) is 0 Å². The van der Waals surface area contributed by atoms with E-state index >= 15 is 0 Å². The minimum Gasteiger partial charge on any atom is -0.479 e. The van der Waals surface area contributed by atoms with Gasteiger partial charge in [0.1, 0.15) is 5.54 Å². The largest absolute Gasteiger partial charge is 0.479 e. The Morgan fingerprint density at radius 2 is 2.00 bits per heavy atom. The molecule has 1 saturated heterocycles. The highest BCUT2D eigenvalue weighted by molar-refractivity contribution is 5.99. The average Bonchev–Trinajstić information content (AvgIpc) is 2.91. The molecule has 0 spiro atoms. The van der Waals surface area contributed by atoms with E-state index in [4.69, 9.17) is 0 Å². The summed E-state index contributed by atoms with van der Waals surface area (Å²) in [6, 6.07) is 7.46. The molecule has 1 unspecified atom stereocenters. The Balaban J connectivity index is 2.39. The number of carboxylic acid groups (broad SMARTS) is 1. The smallest absolute Gasteiger partial charge is 0.329 e. The van der Waals surface area contributed by atoms with Gasteiger partial charge in [-0.05, 0) is 37.3 Å². The predicted molar refractivity (Wildman–Crippen MR) is 76.7 cm³/mol. The molecule has 0 radical (unpaired) electrons. The van der Waals surface area contributed by atoms with Crippen LogP contribution in [0, 0.1) is 0 Å². The topological polar surface area (TPSA) is 57.6 Å². The summed E-state index contributed by atoms with van der Waals surface area (Å²) in [6.45, 7) is 4.36. The highest BCUT2D eigenvalue weighted by Gasteiger charge is 2.48. The molecule has 1 aromatic carbocycles. The number of carbonyl (C=O) groups excluding carboxylic acids is 1. The molecule has 0 aromatic heterocycles. The molecule has 1 N–H and O–H groups in total. The first-order valence-corrected chi connectivity index (χ1v) is 7.20. The van der Waals surface area contributed by atoms with Crippen LogP contribution in [0.5, 0.6) is 0 Å². The lowest BCUT2D eigenvalue weighted by atomic mass is 9.92. The van der Waals surface area contributed by atoms with Crippen LogP contribution in [0.4, 0.5) is 0 Å². The predicted octanol–water partition coefficient (Wildman–Crippen LogP) is 2.72. The lowest BCUT2D eigenvalue weighted by Gasteiger charge is -2.34. The summed E-state index contributed by atoms with van der Waals surface area (Å²) in [5, 5.41) is 9.56. The van der Waals surface area contributed by atoms with Crippen molar-refractivity contribution in [2.24, 2.45) is 0 Å². The van der Waals surface area contributed by atoms with Crippen LogP contribution in [0.25, 0.3) is 0 Å². The third-order valence-corrected chi connectivity index (χ3v) is 4.35. The highest BCUT2D eigenvalue weighted by atomic mass is 16.4. The molecular formula is C16H21NO3. The van der Waals surface area contributed by atoms with Crippen LogP contribution in [-0.2, 0) is 11.2 Å². The minimum absolute atomic E-state index is 0.149. The van der Waals surface area contributed by atoms with E-state index < -0.39 is 11.5 Å². The zero-order valence-electron chi connectivity index (χ0n) is 12.1. The van der Waals surface area contributed by atoms with Gasteiger partial charge in [0.2, 0.25) is 0 Å². The van der Waals surface area contributed by atoms with Crippen LogP contribution in [0.3, 0.4) is 0 Å². The van der Waals surface area contributed by atoms with Crippen LogP contribution in [0.15, 0.2) is 24.3 Å². The van der Waals surface area contributed by atoms with Crippen molar-refractivity contribution in [3.63, 3.8) is 0 Å². The van der Waals surface area contributed by atoms with Gasteiger partial charge in [-0.1, -0.05) is 32.0 Å². The summed E-state index contributed by atoms with van der Waals surface area (Å²) in [4.78, 5) is 26.0. The molecule has 108 valence electrons. The van der Waals surface area contributed by atoms with Crippen LogP contribution in [-0.4, -0.2) is 34.0 Å². The van der Waals surface area contributed by atoms with Crippen LogP contribution in [0.1, 0.15) is 49.0 Å². The monoisotopic (exact) mass is 275 g/mol. The van der Waals surface area contributed by atoms with Crippen LogP contribution >= 0.6 is 0 Å². The number of amides is 1. The number of aliphatic carboxylic acids is 1. The molecule has 4 nitrogen and oxygen atoms in total. The third-order valence-electron chi connectivity index (χ3n) is 4.35. The lowest BCUT2D eigenvalue weighted by Crippen LogP contribution is -2.52. The molecule has 1 aliphatic rings. The van der Waals surface area contributed by atoms with E-state index in [-0.39, 0.29) is 5.91 Å². The minimum atomic E-state index is -1.03. The second kappa shape index (κ2) is 5.65. The molecule has 1 aromatic rings. The molecule has 2 rings (SSSR count). The first-order valence-electron chi connectivity index (χ1n) is 7.20. The lowest BCUT2D eigenvalue weighted by molar-refractivity contribution is -0.148. The van der Waals surface area contributed by atoms with Gasteiger partial charge in [0, 0.05) is 12.1 Å². The standard InChI is InChI=1S/C16H21NO3/c1-3-12-8-5-6-9-13(12)14(18)17-11-7-10-16(17,4-2)15(19)20/h5-6,8-9H,3-4,7,10-11H2,1-2H3,(H,19,20). The Hall–Kier alpha value is -1.84. The number of nitrogens with zero attached hydrogens (tertiary/aromatic N) is 1.